The van der Waals surface area contributed by atoms with Crippen LogP contribution in [0.1, 0.15) is 104 Å². The first-order valence-corrected chi connectivity index (χ1v) is 24.9. The molecule has 26 nitrogen and oxygen atoms in total. The summed E-state index contributed by atoms with van der Waals surface area (Å²) in [4.78, 5) is 138. The molecule has 1 aliphatic heterocycles. The molecule has 2 rings (SSSR count). The smallest absolute Gasteiger partial charge is 0.326 e. The summed E-state index contributed by atoms with van der Waals surface area (Å²) in [7, 11) is 0. The molecule has 414 valence electrons. The Kier molecular flexibility index (Phi) is 27.6. The topological polar surface area (TPSA) is 435 Å². The van der Waals surface area contributed by atoms with Crippen molar-refractivity contribution in [2.75, 3.05) is 26.2 Å². The number of amides is 8. The second kappa shape index (κ2) is 32.3. The molecule has 9 atom stereocenters. The highest BCUT2D eigenvalue weighted by Gasteiger charge is 2.40. The minimum atomic E-state index is -1.65. The number of likely N-dealkylation sites (tertiary alicyclic amines) is 1. The van der Waals surface area contributed by atoms with Crippen molar-refractivity contribution in [1.29, 1.82) is 0 Å². The van der Waals surface area contributed by atoms with Crippen molar-refractivity contribution >= 4 is 65.2 Å². The molecule has 0 spiro atoms. The van der Waals surface area contributed by atoms with Gasteiger partial charge in [-0.1, -0.05) is 58.0 Å². The molecule has 1 aliphatic rings. The molecule has 1 saturated heterocycles. The fourth-order valence-electron chi connectivity index (χ4n) is 7.88. The average Bonchev–Trinajstić information content (AvgIpc) is 3.83. The summed E-state index contributed by atoms with van der Waals surface area (Å²) in [5.74, 6) is -9.71. The third-order valence-corrected chi connectivity index (χ3v) is 12.0. The van der Waals surface area contributed by atoms with Gasteiger partial charge in [-0.3, -0.25) is 48.1 Å². The normalized spacial score (nSPS) is 16.5. The molecule has 26 heteroatoms. The van der Waals surface area contributed by atoms with Crippen LogP contribution in [-0.4, -0.2) is 166 Å². The highest BCUT2D eigenvalue weighted by Crippen LogP contribution is 2.21. The third kappa shape index (κ3) is 22.5. The number of nitrogens with zero attached hydrogens (tertiary/aromatic N) is 2. The number of aliphatic hydroxyl groups excluding tert-OH is 1. The number of hydrogen-bond acceptors (Lipinski definition) is 14. The standard InChI is InChI=1S/C48H79N13O13/c1-26(2)23-34(47(73)74)59-42(68)33(24-29-13-7-6-8-14-29)58-41(67)31(16-11-21-53-48(51)52)56-40(66)30(15-9-10-20-49)55-36(63)25-54-45(71)39(28(5)62)60-43(69)35-17-12-22-61(35)46(72)32(18-19-37(64)65)57-44(70)38(50)27(3)4/h6-8,13-14,26-28,30-35,38-39,62H,9-12,15-25,49-50H2,1-5H3,(H,54,71)(H,55,63)(H,56,66)(H,57,70)(H,58,67)(H,59,68)(H,60,69)(H,64,65)(H,73,74)(H4,51,52,53)/t28-,30+,31+,32+,33+,34+,35+,38+,39+/m1/s1. The van der Waals surface area contributed by atoms with Crippen LogP contribution in [0.4, 0.5) is 0 Å². The maximum Gasteiger partial charge on any atom is 0.326 e. The highest BCUT2D eigenvalue weighted by molar-refractivity contribution is 5.98. The molecular formula is C48H79N13O13. The summed E-state index contributed by atoms with van der Waals surface area (Å²) in [6, 6.07) is -1.75. The predicted octanol–water partition coefficient (Wildman–Crippen LogP) is -3.21. The number of unbranched alkanes of at least 4 members (excludes halogenated alkanes) is 1. The van der Waals surface area contributed by atoms with Crippen LogP contribution in [0, 0.1) is 11.8 Å². The maximum absolute atomic E-state index is 14.1. The Balaban J connectivity index is 2.29. The summed E-state index contributed by atoms with van der Waals surface area (Å²) in [5, 5.41) is 47.4. The van der Waals surface area contributed by atoms with Crippen molar-refractivity contribution in [2.24, 2.45) is 39.8 Å². The molecule has 0 bridgehead atoms. The number of carbonyl (C=O) groups excluding carboxylic acids is 8. The fraction of sp³-hybridized carbons (Fsp3) is 0.646. The van der Waals surface area contributed by atoms with Crippen LogP contribution in [-0.2, 0) is 54.4 Å². The number of guanidine groups is 1. The molecule has 74 heavy (non-hydrogen) atoms. The van der Waals surface area contributed by atoms with Crippen molar-refractivity contribution < 1.29 is 63.3 Å². The second-order valence-electron chi connectivity index (χ2n) is 19.1. The summed E-state index contributed by atoms with van der Waals surface area (Å²) in [6.45, 7) is 7.76. The fourth-order valence-corrected chi connectivity index (χ4v) is 7.88. The lowest BCUT2D eigenvalue weighted by Crippen LogP contribution is -2.60. The highest BCUT2D eigenvalue weighted by atomic mass is 16.4. The van der Waals surface area contributed by atoms with Gasteiger partial charge in [0, 0.05) is 25.9 Å². The molecule has 0 radical (unpaired) electrons. The number of benzene rings is 1. The van der Waals surface area contributed by atoms with E-state index in [4.69, 9.17) is 22.9 Å². The molecule has 0 aliphatic carbocycles. The molecule has 1 aromatic rings. The Morgan fingerprint density at radius 1 is 0.716 bits per heavy atom. The number of aliphatic carboxylic acids is 2. The minimum absolute atomic E-state index is 0.0187. The van der Waals surface area contributed by atoms with Crippen LogP contribution in [0.2, 0.25) is 0 Å². The lowest BCUT2D eigenvalue weighted by atomic mass is 10.0. The Bertz CT molecular complexity index is 2090. The van der Waals surface area contributed by atoms with Gasteiger partial charge in [0.1, 0.15) is 42.3 Å². The van der Waals surface area contributed by atoms with E-state index in [0.29, 0.717) is 24.8 Å². The molecule has 1 aromatic carbocycles. The van der Waals surface area contributed by atoms with E-state index in [2.05, 4.69) is 42.2 Å². The first kappa shape index (κ1) is 63.2. The van der Waals surface area contributed by atoms with Crippen LogP contribution in [0.5, 0.6) is 0 Å². The van der Waals surface area contributed by atoms with Crippen LogP contribution >= 0.6 is 0 Å². The lowest BCUT2D eigenvalue weighted by molar-refractivity contribution is -0.144. The van der Waals surface area contributed by atoms with Gasteiger partial charge in [-0.05, 0) is 88.7 Å². The summed E-state index contributed by atoms with van der Waals surface area (Å²) in [5.41, 5.74) is 23.3. The molecule has 0 aromatic heterocycles. The number of nitrogens with two attached hydrogens (primary N) is 4. The number of carboxylic acids is 2. The Morgan fingerprint density at radius 3 is 1.86 bits per heavy atom. The Hall–Kier alpha value is -6.93. The van der Waals surface area contributed by atoms with E-state index in [-0.39, 0.29) is 82.4 Å². The number of carbonyl (C=O) groups is 10. The van der Waals surface area contributed by atoms with Crippen molar-refractivity contribution in [1.82, 2.24) is 42.1 Å². The first-order chi connectivity index (χ1) is 34.9. The van der Waals surface area contributed by atoms with E-state index in [1.54, 1.807) is 58.0 Å². The predicted molar refractivity (Wildman–Crippen MR) is 271 cm³/mol. The zero-order valence-electron chi connectivity index (χ0n) is 43.0. The van der Waals surface area contributed by atoms with Gasteiger partial charge in [0.25, 0.3) is 0 Å². The van der Waals surface area contributed by atoms with E-state index in [1.807, 2.05) is 0 Å². The molecule has 0 saturated carbocycles. The molecular weight excluding hydrogens is 967 g/mol. The quantitative estimate of drug-likeness (QED) is 0.0187. The van der Waals surface area contributed by atoms with Crippen molar-refractivity contribution in [3.8, 4) is 0 Å². The number of rotatable bonds is 33. The molecule has 1 heterocycles. The summed E-state index contributed by atoms with van der Waals surface area (Å²) in [6.07, 6.45) is -0.903. The van der Waals surface area contributed by atoms with Crippen LogP contribution in [0.25, 0.3) is 0 Å². The monoisotopic (exact) mass is 1050 g/mol. The molecule has 0 unspecified atom stereocenters. The zero-order chi connectivity index (χ0) is 55.7. The Labute approximate surface area is 431 Å². The van der Waals surface area contributed by atoms with Gasteiger partial charge in [0.2, 0.25) is 47.3 Å². The third-order valence-electron chi connectivity index (χ3n) is 12.0. The number of aliphatic hydroxyl groups is 1. The molecule has 1 fully saturated rings. The van der Waals surface area contributed by atoms with Crippen LogP contribution in [0.15, 0.2) is 35.3 Å². The van der Waals surface area contributed by atoms with E-state index in [1.165, 1.54) is 6.92 Å². The molecule has 18 N–H and O–H groups in total. The number of carboxylic acid groups (broad SMARTS) is 2. The minimum Gasteiger partial charge on any atom is -0.481 e. The van der Waals surface area contributed by atoms with E-state index >= 15 is 0 Å². The van der Waals surface area contributed by atoms with E-state index in [9.17, 15) is 63.3 Å². The van der Waals surface area contributed by atoms with Gasteiger partial charge < -0.3 is 80.4 Å². The van der Waals surface area contributed by atoms with Crippen molar-refractivity contribution in [3.05, 3.63) is 35.9 Å². The van der Waals surface area contributed by atoms with Gasteiger partial charge in [0.15, 0.2) is 5.96 Å². The van der Waals surface area contributed by atoms with E-state index in [0.717, 1.165) is 4.90 Å². The number of aliphatic imine (C=N–C) groups is 1. The zero-order valence-corrected chi connectivity index (χ0v) is 43.0. The van der Waals surface area contributed by atoms with Crippen LogP contribution in [0.3, 0.4) is 0 Å². The summed E-state index contributed by atoms with van der Waals surface area (Å²) < 4.78 is 0. The van der Waals surface area contributed by atoms with Gasteiger partial charge in [-0.25, -0.2) is 4.79 Å². The van der Waals surface area contributed by atoms with Crippen molar-refractivity contribution in [3.63, 3.8) is 0 Å². The van der Waals surface area contributed by atoms with E-state index < -0.39 is 127 Å². The first-order valence-electron chi connectivity index (χ1n) is 24.9. The second-order valence-corrected chi connectivity index (χ2v) is 19.1. The molecule has 8 amide bonds. The largest absolute Gasteiger partial charge is 0.481 e. The number of nitrogens with one attached hydrogen (secondary N) is 7. The van der Waals surface area contributed by atoms with Crippen LogP contribution < -0.4 is 60.2 Å². The van der Waals surface area contributed by atoms with Crippen molar-refractivity contribution in [2.45, 2.75) is 160 Å². The lowest BCUT2D eigenvalue weighted by Gasteiger charge is -2.30. The SMILES string of the molecule is CC(C)C[C@H](NC(=O)[C@H](Cc1ccccc1)NC(=O)[C@H](CCCN=C(N)N)NC(=O)[C@H](CCCCN)NC(=O)CNC(=O)[C@@H](NC(=O)[C@@H]1CCCN1C(=O)[C@H](CCC(=O)O)NC(=O)[C@@H](N)C(C)C)[C@@H](C)O)C(=O)O. The summed E-state index contributed by atoms with van der Waals surface area (Å²) >= 11 is 0. The average molecular weight is 1050 g/mol. The maximum atomic E-state index is 14.1. The Morgan fingerprint density at radius 2 is 1.30 bits per heavy atom. The van der Waals surface area contributed by atoms with Gasteiger partial charge >= 0.3 is 11.9 Å². The van der Waals surface area contributed by atoms with Gasteiger partial charge in [0.05, 0.1) is 18.7 Å². The number of hydrogen-bond donors (Lipinski definition) is 14. The van der Waals surface area contributed by atoms with Gasteiger partial charge in [-0.2, -0.15) is 0 Å². The van der Waals surface area contributed by atoms with Gasteiger partial charge in [-0.15, -0.1) is 0 Å².